The molecule has 4 rings (SSSR count). The molecule has 140 valence electrons. The van der Waals surface area contributed by atoms with Crippen LogP contribution in [0.2, 0.25) is 0 Å². The fourth-order valence-electron chi connectivity index (χ4n) is 5.54. The molecule has 3 aliphatic rings. The maximum Gasteiger partial charge on any atom is 0.466 e. The first kappa shape index (κ1) is 18.9. The molecule has 5 unspecified atom stereocenters. The summed E-state index contributed by atoms with van der Waals surface area (Å²) in [6.45, 7) is 2.32. The number of benzene rings is 1. The summed E-state index contributed by atoms with van der Waals surface area (Å²) in [4.78, 5) is 21.6. The first-order valence-corrected chi connectivity index (χ1v) is 10.4. The molecule has 1 aromatic rings. The third-order valence-electron chi connectivity index (χ3n) is 6.66. The van der Waals surface area contributed by atoms with Gasteiger partial charge >= 0.3 is 7.82 Å². The zero-order valence-electron chi connectivity index (χ0n) is 14.4. The van der Waals surface area contributed by atoms with E-state index in [4.69, 9.17) is 19.2 Å². The van der Waals surface area contributed by atoms with Gasteiger partial charge in [0.25, 0.3) is 0 Å². The van der Waals surface area contributed by atoms with Crippen LogP contribution in [0.5, 0.6) is 5.75 Å². The number of aryl methyl sites for hydroxylation is 1. The topological polar surface area (TPSA) is 118 Å². The molecular formula is C18H27O6P. The van der Waals surface area contributed by atoms with Crippen molar-refractivity contribution in [1.82, 2.24) is 0 Å². The molecule has 0 aliphatic heterocycles. The van der Waals surface area contributed by atoms with Crippen molar-refractivity contribution in [1.29, 1.82) is 0 Å². The predicted octanol–water partition coefficient (Wildman–Crippen LogP) is 2.68. The van der Waals surface area contributed by atoms with Crippen molar-refractivity contribution in [3.05, 3.63) is 29.3 Å². The molecule has 0 saturated heterocycles. The molecule has 0 spiro atoms. The molecule has 5 N–H and O–H groups in total. The summed E-state index contributed by atoms with van der Waals surface area (Å²) in [5, 5.41) is 20.0. The fourth-order valence-corrected chi connectivity index (χ4v) is 5.54. The number of aliphatic hydroxyl groups excluding tert-OH is 1. The first-order chi connectivity index (χ1) is 11.6. The van der Waals surface area contributed by atoms with Crippen molar-refractivity contribution in [2.75, 3.05) is 0 Å². The Morgan fingerprint density at radius 1 is 1.12 bits per heavy atom. The summed E-state index contributed by atoms with van der Waals surface area (Å²) in [7, 11) is -4.64. The van der Waals surface area contributed by atoms with Gasteiger partial charge in [-0.3, -0.25) is 0 Å². The second kappa shape index (κ2) is 6.67. The monoisotopic (exact) mass is 370 g/mol. The Balaban J connectivity index is 0.000000324. The molecule has 7 heteroatoms. The van der Waals surface area contributed by atoms with E-state index in [-0.39, 0.29) is 11.5 Å². The Hall–Kier alpha value is -0.910. The van der Waals surface area contributed by atoms with E-state index in [9.17, 15) is 10.2 Å². The average Bonchev–Trinajstić information content (AvgIpc) is 2.81. The van der Waals surface area contributed by atoms with Crippen LogP contribution < -0.4 is 0 Å². The number of hydrogen-bond donors (Lipinski definition) is 5. The van der Waals surface area contributed by atoms with Crippen LogP contribution in [0.4, 0.5) is 0 Å². The average molecular weight is 370 g/mol. The van der Waals surface area contributed by atoms with Gasteiger partial charge in [0.2, 0.25) is 0 Å². The Morgan fingerprint density at radius 2 is 1.80 bits per heavy atom. The van der Waals surface area contributed by atoms with Gasteiger partial charge in [0, 0.05) is 0 Å². The van der Waals surface area contributed by atoms with E-state index in [1.165, 1.54) is 30.4 Å². The Bertz CT molecular complexity index is 678. The minimum Gasteiger partial charge on any atom is -0.508 e. The molecule has 0 aromatic heterocycles. The van der Waals surface area contributed by atoms with E-state index < -0.39 is 7.82 Å². The van der Waals surface area contributed by atoms with Gasteiger partial charge in [0.05, 0.1) is 6.10 Å². The number of hydrogen-bond acceptors (Lipinski definition) is 3. The Labute approximate surface area is 147 Å². The van der Waals surface area contributed by atoms with Gasteiger partial charge in [-0.25, -0.2) is 4.57 Å². The van der Waals surface area contributed by atoms with Gasteiger partial charge in [-0.1, -0.05) is 13.0 Å². The van der Waals surface area contributed by atoms with Crippen molar-refractivity contribution in [3.8, 4) is 5.75 Å². The largest absolute Gasteiger partial charge is 0.508 e. The van der Waals surface area contributed by atoms with E-state index >= 15 is 0 Å². The quantitative estimate of drug-likeness (QED) is 0.448. The molecule has 25 heavy (non-hydrogen) atoms. The summed E-state index contributed by atoms with van der Waals surface area (Å²) in [5.41, 5.74) is 2.99. The summed E-state index contributed by atoms with van der Waals surface area (Å²) in [6.07, 6.45) is 6.78. The van der Waals surface area contributed by atoms with Crippen LogP contribution in [-0.4, -0.2) is 31.0 Å². The first-order valence-electron chi connectivity index (χ1n) is 8.88. The number of aromatic hydroxyl groups is 1. The molecule has 0 amide bonds. The SMILES string of the molecule is CC12CCC3c4ccc(O)cc4CCC3C1CCC2O.O=P(O)(O)O. The minimum absolute atomic E-state index is 0.0883. The maximum atomic E-state index is 10.4. The third-order valence-corrected chi connectivity index (χ3v) is 6.66. The normalized spacial score (nSPS) is 36.5. The van der Waals surface area contributed by atoms with Crippen molar-refractivity contribution < 1.29 is 29.5 Å². The summed E-state index contributed by atoms with van der Waals surface area (Å²) in [6, 6.07) is 5.96. The van der Waals surface area contributed by atoms with Crippen LogP contribution in [0, 0.1) is 17.3 Å². The van der Waals surface area contributed by atoms with Crippen molar-refractivity contribution >= 4 is 7.82 Å². The number of phenolic OH excluding ortho intramolecular Hbond substituents is 1. The number of phosphoric acid groups is 1. The predicted molar refractivity (Wildman–Crippen MR) is 93.0 cm³/mol. The highest BCUT2D eigenvalue weighted by atomic mass is 31.2. The van der Waals surface area contributed by atoms with E-state index in [0.29, 0.717) is 17.6 Å². The van der Waals surface area contributed by atoms with E-state index in [1.54, 1.807) is 0 Å². The van der Waals surface area contributed by atoms with E-state index in [1.807, 2.05) is 12.1 Å². The highest BCUT2D eigenvalue weighted by Crippen LogP contribution is 2.60. The molecule has 0 radical (unpaired) electrons. The second-order valence-corrected chi connectivity index (χ2v) is 8.98. The maximum absolute atomic E-state index is 10.4. The van der Waals surface area contributed by atoms with Gasteiger partial charge in [0.1, 0.15) is 5.75 Å². The molecule has 0 heterocycles. The molecule has 2 saturated carbocycles. The van der Waals surface area contributed by atoms with Crippen molar-refractivity contribution in [2.24, 2.45) is 17.3 Å². The lowest BCUT2D eigenvalue weighted by atomic mass is 9.55. The van der Waals surface area contributed by atoms with Crippen LogP contribution in [0.1, 0.15) is 56.1 Å². The molecule has 0 bridgehead atoms. The zero-order chi connectivity index (χ0) is 18.4. The van der Waals surface area contributed by atoms with Gasteiger partial charge in [-0.2, -0.15) is 0 Å². The molecule has 5 atom stereocenters. The molecule has 1 aromatic carbocycles. The molecule has 6 nitrogen and oxygen atoms in total. The number of rotatable bonds is 0. The van der Waals surface area contributed by atoms with E-state index in [0.717, 1.165) is 25.2 Å². The lowest BCUT2D eigenvalue weighted by Gasteiger charge is -2.50. The third kappa shape index (κ3) is 3.79. The van der Waals surface area contributed by atoms with Gasteiger partial charge < -0.3 is 24.9 Å². The van der Waals surface area contributed by atoms with Crippen LogP contribution in [0.15, 0.2) is 18.2 Å². The van der Waals surface area contributed by atoms with Gasteiger partial charge in [0.15, 0.2) is 0 Å². The van der Waals surface area contributed by atoms with Crippen molar-refractivity contribution in [2.45, 2.75) is 57.5 Å². The highest BCUT2D eigenvalue weighted by Gasteiger charge is 2.54. The summed E-state index contributed by atoms with van der Waals surface area (Å²) >= 11 is 0. The Morgan fingerprint density at radius 3 is 2.48 bits per heavy atom. The number of aliphatic hydroxyl groups is 1. The molecular weight excluding hydrogens is 343 g/mol. The number of phenols is 1. The molecule has 3 aliphatic carbocycles. The summed E-state index contributed by atoms with van der Waals surface area (Å²) < 4.78 is 8.88. The Kier molecular flexibility index (Phi) is 5.04. The van der Waals surface area contributed by atoms with Gasteiger partial charge in [-0.15, -0.1) is 0 Å². The van der Waals surface area contributed by atoms with E-state index in [2.05, 4.69) is 13.0 Å². The van der Waals surface area contributed by atoms with Crippen LogP contribution >= 0.6 is 7.82 Å². The van der Waals surface area contributed by atoms with Crippen LogP contribution in [0.3, 0.4) is 0 Å². The highest BCUT2D eigenvalue weighted by molar-refractivity contribution is 7.45. The van der Waals surface area contributed by atoms with Gasteiger partial charge in [-0.05, 0) is 85.0 Å². The van der Waals surface area contributed by atoms with Crippen LogP contribution in [0.25, 0.3) is 0 Å². The van der Waals surface area contributed by atoms with Crippen molar-refractivity contribution in [3.63, 3.8) is 0 Å². The smallest absolute Gasteiger partial charge is 0.466 e. The summed E-state index contributed by atoms with van der Waals surface area (Å²) in [5.74, 6) is 2.49. The lowest BCUT2D eigenvalue weighted by molar-refractivity contribution is -0.0226. The minimum atomic E-state index is -4.64. The number of fused-ring (bicyclic) bond motifs is 5. The van der Waals surface area contributed by atoms with Crippen LogP contribution in [-0.2, 0) is 11.0 Å². The molecule has 2 fully saturated rings. The zero-order valence-corrected chi connectivity index (χ0v) is 15.3. The fraction of sp³-hybridized carbons (Fsp3) is 0.667. The second-order valence-electron chi connectivity index (χ2n) is 7.95. The lowest BCUT2D eigenvalue weighted by Crippen LogP contribution is -2.43. The standard InChI is InChI=1S/C18H24O2.H3O4P/c1-18-9-8-14-13-5-3-12(19)10-11(13)2-4-15(14)16(18)6-7-17(18)20;1-5(2,3)4/h3,5,10,14-17,19-20H,2,4,6-9H2,1H3;(H3,1,2,3,4).